The van der Waals surface area contributed by atoms with Gasteiger partial charge in [-0.05, 0) is 37.4 Å². The Hall–Kier alpha value is -0.650. The predicted molar refractivity (Wildman–Crippen MR) is 78.4 cm³/mol. The second kappa shape index (κ2) is 5.99. The van der Waals surface area contributed by atoms with Gasteiger partial charge in [-0.25, -0.2) is 9.97 Å². The van der Waals surface area contributed by atoms with Crippen LogP contribution in [0.15, 0.2) is 22.8 Å². The first kappa shape index (κ1) is 12.4. The molecule has 2 aromatic heterocycles. The molecular weight excluding hydrogens is 262 g/mol. The van der Waals surface area contributed by atoms with Crippen LogP contribution in [0.1, 0.15) is 19.3 Å². The Morgan fingerprint density at radius 3 is 3.00 bits per heavy atom. The van der Waals surface area contributed by atoms with E-state index in [1.165, 1.54) is 43.6 Å². The van der Waals surface area contributed by atoms with Crippen molar-refractivity contribution in [2.24, 2.45) is 0 Å². The number of piperidine rings is 1. The van der Waals surface area contributed by atoms with Gasteiger partial charge in [0.05, 0.1) is 10.2 Å². The molecule has 1 aliphatic rings. The van der Waals surface area contributed by atoms with Gasteiger partial charge in [0.1, 0.15) is 11.4 Å². The van der Waals surface area contributed by atoms with E-state index in [0.717, 1.165) is 16.3 Å². The smallest absolute Gasteiger partial charge is 0.117 e. The fraction of sp³-hybridized carbons (Fsp3) is 0.538. The Labute approximate surface area is 116 Å². The van der Waals surface area contributed by atoms with Gasteiger partial charge in [-0.2, -0.15) is 0 Å². The molecule has 3 heterocycles. The molecule has 1 aliphatic heterocycles. The van der Waals surface area contributed by atoms with Crippen LogP contribution in [0, 0.1) is 0 Å². The van der Waals surface area contributed by atoms with Gasteiger partial charge in [0, 0.05) is 12.3 Å². The van der Waals surface area contributed by atoms with Gasteiger partial charge in [-0.15, -0.1) is 23.1 Å². The van der Waals surface area contributed by atoms with Crippen LogP contribution in [0.25, 0.3) is 10.2 Å². The van der Waals surface area contributed by atoms with Gasteiger partial charge in [-0.3, -0.25) is 0 Å². The molecule has 1 saturated heterocycles. The van der Waals surface area contributed by atoms with E-state index in [2.05, 4.69) is 26.3 Å². The molecule has 0 aliphatic carbocycles. The van der Waals surface area contributed by atoms with Gasteiger partial charge < -0.3 is 4.90 Å². The zero-order valence-electron chi connectivity index (χ0n) is 10.3. The van der Waals surface area contributed by atoms with Crippen molar-refractivity contribution >= 4 is 33.3 Å². The lowest BCUT2D eigenvalue weighted by molar-refractivity contribution is 0.242. The predicted octanol–water partition coefficient (Wildman–Crippen LogP) is 3.27. The summed E-state index contributed by atoms with van der Waals surface area (Å²) in [4.78, 5) is 11.3. The molecule has 96 valence electrons. The molecule has 2 aromatic rings. The van der Waals surface area contributed by atoms with Crippen LogP contribution in [0.5, 0.6) is 0 Å². The minimum atomic E-state index is 1.08. The van der Waals surface area contributed by atoms with Crippen molar-refractivity contribution < 1.29 is 0 Å². The summed E-state index contributed by atoms with van der Waals surface area (Å²) in [6.45, 7) is 3.74. The first-order valence-corrected chi connectivity index (χ1v) is 8.33. The maximum atomic E-state index is 4.41. The molecule has 5 heteroatoms. The van der Waals surface area contributed by atoms with Crippen LogP contribution in [0.3, 0.4) is 0 Å². The van der Waals surface area contributed by atoms with Gasteiger partial charge in [0.2, 0.25) is 0 Å². The topological polar surface area (TPSA) is 29.0 Å². The maximum Gasteiger partial charge on any atom is 0.117 e. The van der Waals surface area contributed by atoms with E-state index in [4.69, 9.17) is 0 Å². The number of fused-ring (bicyclic) bond motifs is 1. The SMILES string of the molecule is c1nc(SCCN2CCCCC2)c2sccc2n1. The van der Waals surface area contributed by atoms with Crippen molar-refractivity contribution in [1.29, 1.82) is 0 Å². The minimum absolute atomic E-state index is 1.08. The summed E-state index contributed by atoms with van der Waals surface area (Å²) >= 11 is 3.61. The molecule has 0 unspecified atom stereocenters. The fourth-order valence-electron chi connectivity index (χ4n) is 2.32. The number of aromatic nitrogens is 2. The molecule has 3 rings (SSSR count). The minimum Gasteiger partial charge on any atom is -0.303 e. The third-order valence-electron chi connectivity index (χ3n) is 3.31. The first-order chi connectivity index (χ1) is 8.93. The van der Waals surface area contributed by atoms with Crippen molar-refractivity contribution in [2.75, 3.05) is 25.4 Å². The van der Waals surface area contributed by atoms with E-state index in [1.54, 1.807) is 17.7 Å². The molecule has 0 atom stereocenters. The number of rotatable bonds is 4. The van der Waals surface area contributed by atoms with Crippen molar-refractivity contribution in [3.05, 3.63) is 17.8 Å². The number of hydrogen-bond donors (Lipinski definition) is 0. The van der Waals surface area contributed by atoms with E-state index < -0.39 is 0 Å². The Kier molecular flexibility index (Phi) is 4.13. The molecule has 18 heavy (non-hydrogen) atoms. The Bertz CT molecular complexity index is 506. The van der Waals surface area contributed by atoms with Crippen molar-refractivity contribution in [3.63, 3.8) is 0 Å². The van der Waals surface area contributed by atoms with Crippen LogP contribution in [-0.2, 0) is 0 Å². The van der Waals surface area contributed by atoms with Crippen LogP contribution < -0.4 is 0 Å². The number of nitrogens with zero attached hydrogens (tertiary/aromatic N) is 3. The third-order valence-corrected chi connectivity index (χ3v) is 5.31. The summed E-state index contributed by atoms with van der Waals surface area (Å²) < 4.78 is 1.24. The van der Waals surface area contributed by atoms with Crippen molar-refractivity contribution in [3.8, 4) is 0 Å². The molecule has 0 spiro atoms. The Balaban J connectivity index is 1.57. The summed E-state index contributed by atoms with van der Waals surface area (Å²) in [6, 6.07) is 2.07. The van der Waals surface area contributed by atoms with Gasteiger partial charge >= 0.3 is 0 Å². The highest BCUT2D eigenvalue weighted by Crippen LogP contribution is 2.28. The number of hydrogen-bond acceptors (Lipinski definition) is 5. The molecular formula is C13H17N3S2. The van der Waals surface area contributed by atoms with Gasteiger partial charge in [0.15, 0.2) is 0 Å². The lowest BCUT2D eigenvalue weighted by Gasteiger charge is -2.25. The normalized spacial score (nSPS) is 17.3. The monoisotopic (exact) mass is 279 g/mol. The summed E-state index contributed by atoms with van der Waals surface area (Å²) in [5.41, 5.74) is 1.08. The number of thiophene rings is 1. The summed E-state index contributed by atoms with van der Waals surface area (Å²) in [7, 11) is 0. The van der Waals surface area contributed by atoms with Gasteiger partial charge in [0.25, 0.3) is 0 Å². The van der Waals surface area contributed by atoms with Crippen LogP contribution >= 0.6 is 23.1 Å². The van der Waals surface area contributed by atoms with Crippen molar-refractivity contribution in [2.45, 2.75) is 24.3 Å². The number of thioether (sulfide) groups is 1. The third kappa shape index (κ3) is 2.84. The van der Waals surface area contributed by atoms with Crippen molar-refractivity contribution in [1.82, 2.24) is 14.9 Å². The molecule has 0 aromatic carbocycles. The summed E-state index contributed by atoms with van der Waals surface area (Å²) in [6.07, 6.45) is 5.82. The molecule has 0 radical (unpaired) electrons. The highest BCUT2D eigenvalue weighted by atomic mass is 32.2. The highest BCUT2D eigenvalue weighted by molar-refractivity contribution is 7.99. The van der Waals surface area contributed by atoms with E-state index >= 15 is 0 Å². The van der Waals surface area contributed by atoms with Gasteiger partial charge in [-0.1, -0.05) is 6.42 Å². The maximum absolute atomic E-state index is 4.41. The van der Waals surface area contributed by atoms with Crippen LogP contribution in [0.4, 0.5) is 0 Å². The average Bonchev–Trinajstić information content (AvgIpc) is 2.89. The summed E-state index contributed by atoms with van der Waals surface area (Å²) in [5.74, 6) is 1.13. The van der Waals surface area contributed by atoms with E-state index in [-0.39, 0.29) is 0 Å². The van der Waals surface area contributed by atoms with Crippen LogP contribution in [0.2, 0.25) is 0 Å². The second-order valence-electron chi connectivity index (χ2n) is 4.56. The zero-order valence-corrected chi connectivity index (χ0v) is 12.0. The zero-order chi connectivity index (χ0) is 12.2. The number of likely N-dealkylation sites (tertiary alicyclic amines) is 1. The lowest BCUT2D eigenvalue weighted by Crippen LogP contribution is -2.31. The van der Waals surface area contributed by atoms with Crippen LogP contribution in [-0.4, -0.2) is 40.3 Å². The summed E-state index contributed by atoms with van der Waals surface area (Å²) in [5, 5.41) is 3.24. The molecule has 0 bridgehead atoms. The second-order valence-corrected chi connectivity index (χ2v) is 6.56. The molecule has 3 nitrogen and oxygen atoms in total. The Morgan fingerprint density at radius 1 is 1.22 bits per heavy atom. The highest BCUT2D eigenvalue weighted by Gasteiger charge is 2.10. The lowest BCUT2D eigenvalue weighted by atomic mass is 10.1. The molecule has 0 amide bonds. The first-order valence-electron chi connectivity index (χ1n) is 6.47. The largest absolute Gasteiger partial charge is 0.303 e. The van der Waals surface area contributed by atoms with E-state index in [0.29, 0.717) is 0 Å². The fourth-order valence-corrected chi connectivity index (χ4v) is 4.27. The molecule has 0 N–H and O–H groups in total. The van der Waals surface area contributed by atoms with E-state index in [1.807, 2.05) is 11.8 Å². The standard InChI is InChI=1S/C13H17N3S2/c1-2-5-16(6-3-1)7-9-18-13-12-11(4-8-17-12)14-10-15-13/h4,8,10H,1-3,5-7,9H2. The quantitative estimate of drug-likeness (QED) is 0.634. The molecule has 0 saturated carbocycles. The van der Waals surface area contributed by atoms with E-state index in [9.17, 15) is 0 Å². The molecule has 1 fully saturated rings. The Morgan fingerprint density at radius 2 is 2.11 bits per heavy atom. The average molecular weight is 279 g/mol.